The summed E-state index contributed by atoms with van der Waals surface area (Å²) in [6.07, 6.45) is 7.23. The first-order valence-corrected chi connectivity index (χ1v) is 8.56. The van der Waals surface area contributed by atoms with Crippen LogP contribution in [0.5, 0.6) is 0 Å². The minimum atomic E-state index is -0.462. The summed E-state index contributed by atoms with van der Waals surface area (Å²) in [5.74, 6) is 0.917. The Hall–Kier alpha value is -1.44. The van der Waals surface area contributed by atoms with Gasteiger partial charge in [0.25, 0.3) is 5.91 Å². The van der Waals surface area contributed by atoms with Crippen LogP contribution in [0, 0.1) is 0 Å². The summed E-state index contributed by atoms with van der Waals surface area (Å²) in [4.78, 5) is 17.1. The first kappa shape index (κ1) is 15.1. The monoisotopic (exact) mass is 320 g/mol. The predicted molar refractivity (Wildman–Crippen MR) is 82.9 cm³/mol. The number of imidazole rings is 1. The molecule has 4 rings (SSSR count). The molecular weight excluding hydrogens is 296 g/mol. The summed E-state index contributed by atoms with van der Waals surface area (Å²) >= 11 is 0. The average Bonchev–Trinajstić information content (AvgIpc) is 3.25. The van der Waals surface area contributed by atoms with Crippen molar-refractivity contribution in [1.29, 1.82) is 0 Å². The number of hydrogen-bond acceptors (Lipinski definition) is 5. The SMILES string of the molecule is O=C(NCC1CCCO1)C1Cn2ccnc2C2(CCNCC2)O1. The summed E-state index contributed by atoms with van der Waals surface area (Å²) in [6.45, 7) is 3.68. The van der Waals surface area contributed by atoms with Crippen LogP contribution < -0.4 is 10.6 Å². The van der Waals surface area contributed by atoms with Crippen molar-refractivity contribution in [3.05, 3.63) is 18.2 Å². The van der Waals surface area contributed by atoms with Crippen LogP contribution in [0.15, 0.2) is 12.4 Å². The molecule has 2 saturated heterocycles. The molecule has 2 fully saturated rings. The van der Waals surface area contributed by atoms with Gasteiger partial charge < -0.3 is 24.7 Å². The van der Waals surface area contributed by atoms with Crippen molar-refractivity contribution in [2.24, 2.45) is 0 Å². The van der Waals surface area contributed by atoms with Crippen molar-refractivity contribution in [3.8, 4) is 0 Å². The van der Waals surface area contributed by atoms with Crippen LogP contribution in [0.1, 0.15) is 31.5 Å². The molecule has 7 nitrogen and oxygen atoms in total. The first-order valence-electron chi connectivity index (χ1n) is 8.56. The molecule has 2 atom stereocenters. The van der Waals surface area contributed by atoms with Gasteiger partial charge in [0, 0.05) is 25.5 Å². The molecule has 0 aromatic carbocycles. The van der Waals surface area contributed by atoms with E-state index in [1.807, 2.05) is 6.20 Å². The standard InChI is InChI=1S/C16H24N4O3/c21-14(19-10-12-2-1-9-22-12)13-11-20-8-7-18-15(20)16(23-13)3-5-17-6-4-16/h7-8,12-13,17H,1-6,9-11H2,(H,19,21). The summed E-state index contributed by atoms with van der Waals surface area (Å²) in [6, 6.07) is 0. The Balaban J connectivity index is 1.46. The Bertz CT molecular complexity index is 561. The lowest BCUT2D eigenvalue weighted by Gasteiger charge is -2.43. The van der Waals surface area contributed by atoms with Crippen LogP contribution in [0.2, 0.25) is 0 Å². The Morgan fingerprint density at radius 3 is 3.13 bits per heavy atom. The second-order valence-corrected chi connectivity index (χ2v) is 6.63. The number of nitrogens with one attached hydrogen (secondary N) is 2. The Morgan fingerprint density at radius 2 is 2.35 bits per heavy atom. The molecule has 1 spiro atoms. The van der Waals surface area contributed by atoms with E-state index in [-0.39, 0.29) is 12.0 Å². The number of aromatic nitrogens is 2. The fourth-order valence-corrected chi connectivity index (χ4v) is 3.84. The molecule has 7 heteroatoms. The van der Waals surface area contributed by atoms with E-state index >= 15 is 0 Å². The fraction of sp³-hybridized carbons (Fsp3) is 0.750. The third-order valence-corrected chi connectivity index (χ3v) is 5.08. The second kappa shape index (κ2) is 6.22. The van der Waals surface area contributed by atoms with Crippen LogP contribution in [0.3, 0.4) is 0 Å². The molecule has 1 aromatic rings. The normalized spacial score (nSPS) is 29.4. The van der Waals surface area contributed by atoms with Gasteiger partial charge in [-0.05, 0) is 38.8 Å². The summed E-state index contributed by atoms with van der Waals surface area (Å²) < 4.78 is 13.9. The quantitative estimate of drug-likeness (QED) is 0.829. The number of carbonyl (C=O) groups is 1. The lowest BCUT2D eigenvalue weighted by atomic mass is 9.89. The van der Waals surface area contributed by atoms with E-state index in [1.165, 1.54) is 0 Å². The highest BCUT2D eigenvalue weighted by molar-refractivity contribution is 5.81. The Morgan fingerprint density at radius 1 is 1.48 bits per heavy atom. The molecule has 0 aliphatic carbocycles. The minimum Gasteiger partial charge on any atom is -0.376 e. The van der Waals surface area contributed by atoms with Crippen molar-refractivity contribution >= 4 is 5.91 Å². The number of fused-ring (bicyclic) bond motifs is 2. The minimum absolute atomic E-state index is 0.0437. The summed E-state index contributed by atoms with van der Waals surface area (Å²) in [5.41, 5.74) is -0.432. The van der Waals surface area contributed by atoms with E-state index < -0.39 is 11.7 Å². The average molecular weight is 320 g/mol. The predicted octanol–water partition coefficient (Wildman–Crippen LogP) is 0.156. The zero-order chi connectivity index (χ0) is 15.7. The fourth-order valence-electron chi connectivity index (χ4n) is 3.84. The maximum absolute atomic E-state index is 12.6. The maximum Gasteiger partial charge on any atom is 0.251 e. The largest absolute Gasteiger partial charge is 0.376 e. The molecule has 1 amide bonds. The van der Waals surface area contributed by atoms with Gasteiger partial charge in [0.2, 0.25) is 0 Å². The summed E-state index contributed by atoms with van der Waals surface area (Å²) in [5, 5.41) is 6.35. The van der Waals surface area contributed by atoms with Gasteiger partial charge in [-0.25, -0.2) is 4.98 Å². The number of carbonyl (C=O) groups excluding carboxylic acids is 1. The zero-order valence-electron chi connectivity index (χ0n) is 13.3. The molecule has 0 radical (unpaired) electrons. The van der Waals surface area contributed by atoms with Crippen LogP contribution in [0.25, 0.3) is 0 Å². The molecule has 23 heavy (non-hydrogen) atoms. The number of ether oxygens (including phenoxy) is 2. The molecule has 0 saturated carbocycles. The van der Waals surface area contributed by atoms with Crippen molar-refractivity contribution in [2.75, 3.05) is 26.2 Å². The third-order valence-electron chi connectivity index (χ3n) is 5.08. The second-order valence-electron chi connectivity index (χ2n) is 6.63. The zero-order valence-corrected chi connectivity index (χ0v) is 13.3. The molecular formula is C16H24N4O3. The highest BCUT2D eigenvalue weighted by Gasteiger charge is 2.45. The van der Waals surface area contributed by atoms with E-state index in [2.05, 4.69) is 20.2 Å². The number of amides is 1. The van der Waals surface area contributed by atoms with E-state index in [0.29, 0.717) is 13.1 Å². The topological polar surface area (TPSA) is 77.4 Å². The van der Waals surface area contributed by atoms with E-state index in [4.69, 9.17) is 9.47 Å². The highest BCUT2D eigenvalue weighted by atomic mass is 16.5. The molecule has 2 N–H and O–H groups in total. The van der Waals surface area contributed by atoms with Crippen LogP contribution in [-0.2, 0) is 26.4 Å². The van der Waals surface area contributed by atoms with Crippen molar-refractivity contribution in [3.63, 3.8) is 0 Å². The summed E-state index contributed by atoms with van der Waals surface area (Å²) in [7, 11) is 0. The number of hydrogen-bond donors (Lipinski definition) is 2. The molecule has 126 valence electrons. The van der Waals surface area contributed by atoms with Crippen molar-refractivity contribution in [1.82, 2.24) is 20.2 Å². The Kier molecular flexibility index (Phi) is 4.09. The lowest BCUT2D eigenvalue weighted by Crippen LogP contribution is -2.54. The molecule has 4 heterocycles. The maximum atomic E-state index is 12.6. The van der Waals surface area contributed by atoms with E-state index in [1.54, 1.807) is 6.20 Å². The number of nitrogens with zero attached hydrogens (tertiary/aromatic N) is 2. The molecule has 3 aliphatic heterocycles. The first-order chi connectivity index (χ1) is 11.3. The van der Waals surface area contributed by atoms with Crippen molar-refractivity contribution in [2.45, 2.75) is 50.0 Å². The van der Waals surface area contributed by atoms with Gasteiger partial charge in [0.15, 0.2) is 6.10 Å². The van der Waals surface area contributed by atoms with Crippen molar-refractivity contribution < 1.29 is 14.3 Å². The Labute approximate surface area is 135 Å². The molecule has 1 aromatic heterocycles. The van der Waals surface area contributed by atoms with Crippen LogP contribution >= 0.6 is 0 Å². The van der Waals surface area contributed by atoms with E-state index in [9.17, 15) is 4.79 Å². The van der Waals surface area contributed by atoms with E-state index in [0.717, 1.165) is 51.2 Å². The number of piperidine rings is 1. The number of rotatable bonds is 3. The smallest absolute Gasteiger partial charge is 0.251 e. The molecule has 0 bridgehead atoms. The lowest BCUT2D eigenvalue weighted by molar-refractivity contribution is -0.168. The van der Waals surface area contributed by atoms with Crippen LogP contribution in [-0.4, -0.2) is 53.9 Å². The van der Waals surface area contributed by atoms with Gasteiger partial charge in [0.05, 0.1) is 12.6 Å². The van der Waals surface area contributed by atoms with Gasteiger partial charge in [0.1, 0.15) is 11.4 Å². The molecule has 2 unspecified atom stereocenters. The third kappa shape index (κ3) is 2.88. The van der Waals surface area contributed by atoms with Crippen LogP contribution in [0.4, 0.5) is 0 Å². The van der Waals surface area contributed by atoms with Gasteiger partial charge in [-0.1, -0.05) is 0 Å². The van der Waals surface area contributed by atoms with Gasteiger partial charge >= 0.3 is 0 Å². The van der Waals surface area contributed by atoms with Gasteiger partial charge in [-0.3, -0.25) is 4.79 Å². The highest BCUT2D eigenvalue weighted by Crippen LogP contribution is 2.38. The van der Waals surface area contributed by atoms with Gasteiger partial charge in [-0.15, -0.1) is 0 Å². The molecule has 3 aliphatic rings. The van der Waals surface area contributed by atoms with Gasteiger partial charge in [-0.2, -0.15) is 0 Å².